The van der Waals surface area contributed by atoms with Crippen molar-refractivity contribution < 1.29 is 19.1 Å². The number of aromatic nitrogens is 2. The predicted molar refractivity (Wildman–Crippen MR) is 112 cm³/mol. The molecule has 3 aliphatic rings. The molecule has 2 amide bonds. The highest BCUT2D eigenvalue weighted by atomic mass is 32.2. The molecule has 3 fully saturated rings. The molecule has 3 heterocycles. The van der Waals surface area contributed by atoms with E-state index >= 15 is 0 Å². The minimum atomic E-state index is -0.474. The Labute approximate surface area is 181 Å². The summed E-state index contributed by atoms with van der Waals surface area (Å²) in [5, 5.41) is 4.43. The minimum Gasteiger partial charge on any atom is -0.353 e. The Kier molecular flexibility index (Phi) is 7.22. The van der Waals surface area contributed by atoms with Crippen molar-refractivity contribution in [1.29, 1.82) is 0 Å². The number of amides is 2. The zero-order chi connectivity index (χ0) is 20.8. The Morgan fingerprint density at radius 3 is 2.40 bits per heavy atom. The molecule has 30 heavy (non-hydrogen) atoms. The number of likely N-dealkylation sites (tertiary alicyclic amines) is 1. The van der Waals surface area contributed by atoms with Crippen molar-refractivity contribution in [3.8, 4) is 0 Å². The predicted octanol–water partition coefficient (Wildman–Crippen LogP) is 2.14. The summed E-state index contributed by atoms with van der Waals surface area (Å²) in [4.78, 5) is 35.2. The second kappa shape index (κ2) is 10.1. The molecule has 0 bridgehead atoms. The number of ether oxygens (including phenoxy) is 2. The Morgan fingerprint density at radius 1 is 1.07 bits per heavy atom. The number of hydrogen-bond acceptors (Lipinski definition) is 7. The van der Waals surface area contributed by atoms with Crippen molar-refractivity contribution in [2.24, 2.45) is 0 Å². The molecular weight excluding hydrogens is 404 g/mol. The lowest BCUT2D eigenvalue weighted by Crippen LogP contribution is -2.47. The van der Waals surface area contributed by atoms with Gasteiger partial charge in [-0.2, -0.15) is 0 Å². The summed E-state index contributed by atoms with van der Waals surface area (Å²) in [5.74, 6) is -0.458. The molecule has 0 atom stereocenters. The quantitative estimate of drug-likeness (QED) is 0.686. The highest BCUT2D eigenvalue weighted by molar-refractivity contribution is 7.99. The van der Waals surface area contributed by atoms with Crippen LogP contribution >= 0.6 is 11.8 Å². The molecular formula is C21H30N4O4S. The lowest BCUT2D eigenvalue weighted by molar-refractivity contribution is -0.187. The number of thioether (sulfide) groups is 1. The van der Waals surface area contributed by atoms with Crippen LogP contribution in [0.5, 0.6) is 0 Å². The summed E-state index contributed by atoms with van der Waals surface area (Å²) in [5.41, 5.74) is 0. The van der Waals surface area contributed by atoms with Gasteiger partial charge in [0.15, 0.2) is 10.9 Å². The summed E-state index contributed by atoms with van der Waals surface area (Å²) in [6, 6.07) is 2.02. The van der Waals surface area contributed by atoms with Gasteiger partial charge in [-0.3, -0.25) is 9.59 Å². The maximum atomic E-state index is 12.5. The molecule has 0 aromatic carbocycles. The van der Waals surface area contributed by atoms with Gasteiger partial charge in [-0.05, 0) is 31.7 Å². The fourth-order valence-electron chi connectivity index (χ4n) is 4.38. The SMILES string of the molecule is O=C(CCC(=O)N1CCC2(CC1)OCCO2)NC1CCC(Sc2ncccn2)CC1. The number of carbonyl (C=O) groups excluding carboxylic acids is 2. The first-order chi connectivity index (χ1) is 14.6. The van der Waals surface area contributed by atoms with Gasteiger partial charge in [0.25, 0.3) is 0 Å². The molecule has 1 N–H and O–H groups in total. The van der Waals surface area contributed by atoms with Gasteiger partial charge in [0.05, 0.1) is 13.2 Å². The van der Waals surface area contributed by atoms with Crippen LogP contribution in [0.2, 0.25) is 0 Å². The number of piperidine rings is 1. The van der Waals surface area contributed by atoms with Crippen LogP contribution in [-0.2, 0) is 19.1 Å². The van der Waals surface area contributed by atoms with Crippen LogP contribution in [0.4, 0.5) is 0 Å². The first-order valence-corrected chi connectivity index (χ1v) is 11.8. The monoisotopic (exact) mass is 434 g/mol. The maximum absolute atomic E-state index is 12.5. The summed E-state index contributed by atoms with van der Waals surface area (Å²) < 4.78 is 11.4. The summed E-state index contributed by atoms with van der Waals surface area (Å²) >= 11 is 1.72. The van der Waals surface area contributed by atoms with E-state index in [1.54, 1.807) is 24.2 Å². The van der Waals surface area contributed by atoms with Crippen molar-refractivity contribution in [3.63, 3.8) is 0 Å². The van der Waals surface area contributed by atoms with E-state index in [0.29, 0.717) is 44.4 Å². The zero-order valence-corrected chi connectivity index (χ0v) is 18.1. The van der Waals surface area contributed by atoms with E-state index in [4.69, 9.17) is 9.47 Å². The summed E-state index contributed by atoms with van der Waals surface area (Å²) in [6.07, 6.45) is 9.44. The van der Waals surface area contributed by atoms with Gasteiger partial charge in [0.1, 0.15) is 0 Å². The second-order valence-corrected chi connectivity index (χ2v) is 9.45. The number of nitrogens with zero attached hydrogens (tertiary/aromatic N) is 3. The van der Waals surface area contributed by atoms with E-state index in [1.807, 2.05) is 11.0 Å². The van der Waals surface area contributed by atoms with Gasteiger partial charge in [0, 0.05) is 62.5 Å². The zero-order valence-electron chi connectivity index (χ0n) is 17.3. The topological polar surface area (TPSA) is 93.7 Å². The van der Waals surface area contributed by atoms with Gasteiger partial charge in [-0.1, -0.05) is 11.8 Å². The molecule has 4 rings (SSSR count). The molecule has 8 nitrogen and oxygen atoms in total. The first kappa shape index (κ1) is 21.5. The van der Waals surface area contributed by atoms with E-state index in [0.717, 1.165) is 30.8 Å². The molecule has 1 spiro atoms. The largest absolute Gasteiger partial charge is 0.353 e. The molecule has 2 aliphatic heterocycles. The minimum absolute atomic E-state index is 0.0261. The van der Waals surface area contributed by atoms with Crippen molar-refractivity contribution in [2.45, 2.75) is 73.6 Å². The lowest BCUT2D eigenvalue weighted by Gasteiger charge is -2.37. The van der Waals surface area contributed by atoms with E-state index < -0.39 is 5.79 Å². The van der Waals surface area contributed by atoms with E-state index in [1.165, 1.54) is 0 Å². The van der Waals surface area contributed by atoms with E-state index in [2.05, 4.69) is 15.3 Å². The molecule has 1 aromatic rings. The van der Waals surface area contributed by atoms with E-state index in [-0.39, 0.29) is 30.7 Å². The molecule has 2 saturated heterocycles. The van der Waals surface area contributed by atoms with Crippen LogP contribution < -0.4 is 5.32 Å². The number of rotatable bonds is 6. The smallest absolute Gasteiger partial charge is 0.223 e. The Bertz CT molecular complexity index is 711. The van der Waals surface area contributed by atoms with Crippen LogP contribution in [0.1, 0.15) is 51.4 Å². The second-order valence-electron chi connectivity index (χ2n) is 8.18. The molecule has 9 heteroatoms. The number of nitrogens with one attached hydrogen (secondary N) is 1. The highest BCUT2D eigenvalue weighted by Crippen LogP contribution is 2.32. The van der Waals surface area contributed by atoms with Crippen molar-refractivity contribution >= 4 is 23.6 Å². The van der Waals surface area contributed by atoms with Gasteiger partial charge in [-0.25, -0.2) is 9.97 Å². The molecule has 0 unspecified atom stereocenters. The molecule has 1 saturated carbocycles. The Balaban J connectivity index is 1.11. The van der Waals surface area contributed by atoms with Crippen LogP contribution in [-0.4, -0.2) is 70.1 Å². The lowest BCUT2D eigenvalue weighted by atomic mass is 9.95. The van der Waals surface area contributed by atoms with Crippen molar-refractivity contribution in [3.05, 3.63) is 18.5 Å². The Hall–Kier alpha value is -1.71. The normalized spacial score (nSPS) is 25.9. The maximum Gasteiger partial charge on any atom is 0.223 e. The molecule has 0 radical (unpaired) electrons. The van der Waals surface area contributed by atoms with Gasteiger partial charge in [0.2, 0.25) is 11.8 Å². The standard InChI is InChI=1S/C21H30N4O4S/c26-18(6-7-19(27)25-12-8-21(9-13-25)28-14-15-29-21)24-16-2-4-17(5-3-16)30-20-22-10-1-11-23-20/h1,10-11,16-17H,2-9,12-15H2,(H,24,26). The van der Waals surface area contributed by atoms with Crippen LogP contribution in [0.25, 0.3) is 0 Å². The van der Waals surface area contributed by atoms with Gasteiger partial charge in [-0.15, -0.1) is 0 Å². The van der Waals surface area contributed by atoms with Crippen molar-refractivity contribution in [1.82, 2.24) is 20.2 Å². The third-order valence-corrected chi connectivity index (χ3v) is 7.34. The third kappa shape index (κ3) is 5.70. The average Bonchev–Trinajstić information content (AvgIpc) is 3.22. The fraction of sp³-hybridized carbons (Fsp3) is 0.714. The molecule has 1 aliphatic carbocycles. The van der Waals surface area contributed by atoms with Crippen LogP contribution in [0.3, 0.4) is 0 Å². The number of hydrogen-bond donors (Lipinski definition) is 1. The number of carbonyl (C=O) groups is 2. The highest BCUT2D eigenvalue weighted by Gasteiger charge is 2.40. The molecule has 1 aromatic heterocycles. The molecule has 164 valence electrons. The third-order valence-electron chi connectivity index (χ3n) is 6.11. The van der Waals surface area contributed by atoms with Crippen LogP contribution in [0, 0.1) is 0 Å². The van der Waals surface area contributed by atoms with E-state index in [9.17, 15) is 9.59 Å². The summed E-state index contributed by atoms with van der Waals surface area (Å²) in [6.45, 7) is 2.53. The van der Waals surface area contributed by atoms with Gasteiger partial charge < -0.3 is 19.7 Å². The van der Waals surface area contributed by atoms with Crippen LogP contribution in [0.15, 0.2) is 23.6 Å². The van der Waals surface area contributed by atoms with Crippen molar-refractivity contribution in [2.75, 3.05) is 26.3 Å². The van der Waals surface area contributed by atoms with Gasteiger partial charge >= 0.3 is 0 Å². The Morgan fingerprint density at radius 2 is 1.73 bits per heavy atom. The summed E-state index contributed by atoms with van der Waals surface area (Å²) in [7, 11) is 0. The first-order valence-electron chi connectivity index (χ1n) is 10.9. The average molecular weight is 435 g/mol. The fourth-order valence-corrected chi connectivity index (χ4v) is 5.43.